The number of aliphatic hydroxyl groups is 1. The van der Waals surface area contributed by atoms with E-state index < -0.39 is 17.7 Å². The number of aliphatic hydroxyl groups excluding tert-OH is 1. The lowest BCUT2D eigenvalue weighted by molar-refractivity contribution is 0.135. The molecule has 0 spiro atoms. The Hall–Kier alpha value is -1.20. The summed E-state index contributed by atoms with van der Waals surface area (Å²) in [6.07, 6.45) is 1.68. The molecule has 0 aliphatic carbocycles. The van der Waals surface area contributed by atoms with Crippen LogP contribution in [0.2, 0.25) is 0 Å². The molecule has 0 aromatic heterocycles. The molecule has 1 unspecified atom stereocenters. The second-order valence-electron chi connectivity index (χ2n) is 5.10. The van der Waals surface area contributed by atoms with E-state index in [2.05, 4.69) is 10.2 Å². The highest BCUT2D eigenvalue weighted by molar-refractivity contribution is 5.48. The quantitative estimate of drug-likeness (QED) is 0.860. The van der Waals surface area contributed by atoms with Gasteiger partial charge in [-0.2, -0.15) is 0 Å². The molecule has 1 aromatic carbocycles. The molecule has 3 nitrogen and oxygen atoms in total. The molecule has 1 saturated heterocycles. The number of halogens is 2. The first-order valence-electron chi connectivity index (χ1n) is 6.67. The zero-order valence-electron chi connectivity index (χ0n) is 11.1. The molecule has 1 heterocycles. The summed E-state index contributed by atoms with van der Waals surface area (Å²) in [6.45, 7) is 4.25. The number of likely N-dealkylation sites (tertiary alicyclic amines) is 1. The molecular weight excluding hydrogens is 250 g/mol. The zero-order valence-corrected chi connectivity index (χ0v) is 11.1. The highest BCUT2D eigenvalue weighted by atomic mass is 19.1. The predicted molar refractivity (Wildman–Crippen MR) is 71.3 cm³/mol. The minimum absolute atomic E-state index is 0.147. The number of β-amino-alcohol motifs (C(OH)–C–C–N with tert-alkyl or cyclic N) is 1. The molecule has 1 aliphatic heterocycles. The van der Waals surface area contributed by atoms with Crippen LogP contribution in [0.15, 0.2) is 12.1 Å². The van der Waals surface area contributed by atoms with Crippen molar-refractivity contribution in [3.63, 3.8) is 0 Å². The third-order valence-electron chi connectivity index (χ3n) is 3.47. The van der Waals surface area contributed by atoms with Gasteiger partial charge in [0.15, 0.2) is 5.82 Å². The number of nitrogens with zero attached hydrogens (tertiary/aromatic N) is 1. The molecule has 1 aliphatic rings. The molecule has 0 amide bonds. The van der Waals surface area contributed by atoms with E-state index in [-0.39, 0.29) is 12.2 Å². The highest BCUT2D eigenvalue weighted by Crippen LogP contribution is 2.21. The molecule has 1 fully saturated rings. The lowest BCUT2D eigenvalue weighted by Crippen LogP contribution is -2.34. The predicted octanol–water partition coefficient (Wildman–Crippen LogP) is 2.14. The SMILES string of the molecule is Cc1ccc(F)c(NCC(O)CN2CCCC2)c1F. The average Bonchev–Trinajstić information content (AvgIpc) is 2.87. The fraction of sp³-hybridized carbons (Fsp3) is 0.571. The van der Waals surface area contributed by atoms with Gasteiger partial charge in [-0.25, -0.2) is 8.78 Å². The van der Waals surface area contributed by atoms with Crippen LogP contribution >= 0.6 is 0 Å². The van der Waals surface area contributed by atoms with Crippen molar-refractivity contribution in [3.8, 4) is 0 Å². The molecule has 0 radical (unpaired) electrons. The second kappa shape index (κ2) is 6.30. The first-order valence-corrected chi connectivity index (χ1v) is 6.67. The van der Waals surface area contributed by atoms with Gasteiger partial charge in [0, 0.05) is 13.1 Å². The van der Waals surface area contributed by atoms with Crippen molar-refractivity contribution < 1.29 is 13.9 Å². The van der Waals surface area contributed by atoms with Gasteiger partial charge in [-0.15, -0.1) is 0 Å². The lowest BCUT2D eigenvalue weighted by atomic mass is 10.2. The molecule has 106 valence electrons. The van der Waals surface area contributed by atoms with Crippen LogP contribution in [-0.2, 0) is 0 Å². The summed E-state index contributed by atoms with van der Waals surface area (Å²) in [7, 11) is 0. The van der Waals surface area contributed by atoms with Gasteiger partial charge in [0.2, 0.25) is 0 Å². The third kappa shape index (κ3) is 3.64. The molecular formula is C14H20F2N2O. The molecule has 1 aromatic rings. The Labute approximate surface area is 112 Å². The van der Waals surface area contributed by atoms with Crippen molar-refractivity contribution in [1.82, 2.24) is 4.90 Å². The number of aryl methyl sites for hydroxylation is 1. The van der Waals surface area contributed by atoms with Crippen LogP contribution in [-0.4, -0.2) is 42.3 Å². The fourth-order valence-corrected chi connectivity index (χ4v) is 2.37. The Morgan fingerprint density at radius 1 is 1.32 bits per heavy atom. The summed E-state index contributed by atoms with van der Waals surface area (Å²) in [5.74, 6) is -1.22. The van der Waals surface area contributed by atoms with E-state index >= 15 is 0 Å². The van der Waals surface area contributed by atoms with E-state index in [1.165, 1.54) is 12.1 Å². The van der Waals surface area contributed by atoms with Crippen LogP contribution in [0.1, 0.15) is 18.4 Å². The Bertz CT molecular complexity index is 434. The van der Waals surface area contributed by atoms with E-state index in [4.69, 9.17) is 0 Å². The standard InChI is InChI=1S/C14H20F2N2O/c1-10-4-5-12(15)14(13(10)16)17-8-11(19)9-18-6-2-3-7-18/h4-5,11,17,19H,2-3,6-9H2,1H3. The van der Waals surface area contributed by atoms with E-state index in [0.29, 0.717) is 12.1 Å². The second-order valence-corrected chi connectivity index (χ2v) is 5.10. The number of nitrogens with one attached hydrogen (secondary N) is 1. The maximum Gasteiger partial charge on any atom is 0.152 e. The number of anilines is 1. The number of rotatable bonds is 5. The van der Waals surface area contributed by atoms with Crippen LogP contribution in [0.5, 0.6) is 0 Å². The molecule has 19 heavy (non-hydrogen) atoms. The van der Waals surface area contributed by atoms with Gasteiger partial charge >= 0.3 is 0 Å². The highest BCUT2D eigenvalue weighted by Gasteiger charge is 2.17. The van der Waals surface area contributed by atoms with Crippen LogP contribution in [0, 0.1) is 18.6 Å². The maximum atomic E-state index is 13.7. The topological polar surface area (TPSA) is 35.5 Å². The smallest absolute Gasteiger partial charge is 0.152 e. The monoisotopic (exact) mass is 270 g/mol. The summed E-state index contributed by atoms with van der Waals surface area (Å²) >= 11 is 0. The Morgan fingerprint density at radius 3 is 2.68 bits per heavy atom. The van der Waals surface area contributed by atoms with Crippen LogP contribution in [0.25, 0.3) is 0 Å². The zero-order chi connectivity index (χ0) is 13.8. The lowest BCUT2D eigenvalue weighted by Gasteiger charge is -2.20. The molecule has 0 saturated carbocycles. The Morgan fingerprint density at radius 2 is 2.00 bits per heavy atom. The van der Waals surface area contributed by atoms with Gasteiger partial charge < -0.3 is 15.3 Å². The van der Waals surface area contributed by atoms with Crippen molar-refractivity contribution in [2.75, 3.05) is 31.5 Å². The third-order valence-corrected chi connectivity index (χ3v) is 3.47. The van der Waals surface area contributed by atoms with E-state index in [0.717, 1.165) is 25.9 Å². The molecule has 5 heteroatoms. The summed E-state index contributed by atoms with van der Waals surface area (Å²) in [5, 5.41) is 12.5. The molecule has 2 rings (SSSR count). The van der Waals surface area contributed by atoms with Crippen molar-refractivity contribution >= 4 is 5.69 Å². The molecule has 0 bridgehead atoms. The normalized spacial score (nSPS) is 17.7. The van der Waals surface area contributed by atoms with Crippen LogP contribution in [0.3, 0.4) is 0 Å². The number of hydrogen-bond acceptors (Lipinski definition) is 3. The summed E-state index contributed by atoms with van der Waals surface area (Å²) < 4.78 is 27.2. The van der Waals surface area contributed by atoms with Gasteiger partial charge in [-0.1, -0.05) is 6.07 Å². The minimum Gasteiger partial charge on any atom is -0.390 e. The first kappa shape index (κ1) is 14.2. The molecule has 1 atom stereocenters. The van der Waals surface area contributed by atoms with Gasteiger partial charge in [0.1, 0.15) is 11.5 Å². The summed E-state index contributed by atoms with van der Waals surface area (Å²) in [5.41, 5.74) is 0.235. The average molecular weight is 270 g/mol. The van der Waals surface area contributed by atoms with Crippen LogP contribution in [0.4, 0.5) is 14.5 Å². The van der Waals surface area contributed by atoms with E-state index in [1.807, 2.05) is 0 Å². The van der Waals surface area contributed by atoms with Gasteiger partial charge in [0.25, 0.3) is 0 Å². The maximum absolute atomic E-state index is 13.7. The number of hydrogen-bond donors (Lipinski definition) is 2. The largest absolute Gasteiger partial charge is 0.390 e. The van der Waals surface area contributed by atoms with Crippen LogP contribution < -0.4 is 5.32 Å². The Kier molecular flexibility index (Phi) is 4.71. The van der Waals surface area contributed by atoms with Gasteiger partial charge in [-0.3, -0.25) is 0 Å². The van der Waals surface area contributed by atoms with Crippen molar-refractivity contribution in [2.24, 2.45) is 0 Å². The van der Waals surface area contributed by atoms with Crippen molar-refractivity contribution in [2.45, 2.75) is 25.9 Å². The number of benzene rings is 1. The minimum atomic E-state index is -0.628. The van der Waals surface area contributed by atoms with E-state index in [9.17, 15) is 13.9 Å². The van der Waals surface area contributed by atoms with Crippen molar-refractivity contribution in [3.05, 3.63) is 29.3 Å². The Balaban J connectivity index is 1.89. The van der Waals surface area contributed by atoms with E-state index in [1.54, 1.807) is 6.92 Å². The van der Waals surface area contributed by atoms with Crippen molar-refractivity contribution in [1.29, 1.82) is 0 Å². The van der Waals surface area contributed by atoms with Gasteiger partial charge in [-0.05, 0) is 44.5 Å². The van der Waals surface area contributed by atoms with Gasteiger partial charge in [0.05, 0.1) is 6.10 Å². The summed E-state index contributed by atoms with van der Waals surface area (Å²) in [4.78, 5) is 2.16. The summed E-state index contributed by atoms with van der Waals surface area (Å²) in [6, 6.07) is 2.63. The first-order chi connectivity index (χ1) is 9.08. The molecule has 2 N–H and O–H groups in total. The fourth-order valence-electron chi connectivity index (χ4n) is 2.37.